The fourth-order valence-electron chi connectivity index (χ4n) is 1.83. The molecule has 128 valence electrons. The van der Waals surface area contributed by atoms with E-state index in [0.29, 0.717) is 17.0 Å². The quantitative estimate of drug-likeness (QED) is 0.815. The maximum absolute atomic E-state index is 12.8. The zero-order valence-electron chi connectivity index (χ0n) is 13.4. The highest BCUT2D eigenvalue weighted by molar-refractivity contribution is 5.95. The Morgan fingerprint density at radius 2 is 1.80 bits per heavy atom. The number of nitriles is 1. The van der Waals surface area contributed by atoms with Crippen molar-refractivity contribution in [3.63, 3.8) is 0 Å². The normalized spacial score (nSPS) is 11.1. The second-order valence-electron chi connectivity index (χ2n) is 5.05. The molecule has 0 unspecified atom stereocenters. The van der Waals surface area contributed by atoms with Crippen molar-refractivity contribution in [1.29, 1.82) is 5.26 Å². The van der Waals surface area contributed by atoms with E-state index < -0.39 is 23.8 Å². The summed E-state index contributed by atoms with van der Waals surface area (Å²) in [6.07, 6.45) is -1.04. The Labute approximate surface area is 143 Å². The number of amides is 1. The van der Waals surface area contributed by atoms with Gasteiger partial charge in [0.25, 0.3) is 5.91 Å². The molecule has 6 nitrogen and oxygen atoms in total. The van der Waals surface area contributed by atoms with E-state index in [0.717, 1.165) is 0 Å². The van der Waals surface area contributed by atoms with Gasteiger partial charge in [-0.25, -0.2) is 9.18 Å². The average Bonchev–Trinajstić information content (AvgIpc) is 2.62. The van der Waals surface area contributed by atoms with Gasteiger partial charge in [-0.2, -0.15) is 5.26 Å². The number of carbonyl (C=O) groups is 2. The Kier molecular flexibility index (Phi) is 6.07. The highest BCUT2D eigenvalue weighted by Gasteiger charge is 2.18. The van der Waals surface area contributed by atoms with Crippen molar-refractivity contribution in [2.24, 2.45) is 0 Å². The number of nitrogens with one attached hydrogen (secondary N) is 1. The molecule has 0 spiro atoms. The third kappa shape index (κ3) is 5.62. The molecule has 1 atom stereocenters. The van der Waals surface area contributed by atoms with Crippen LogP contribution in [0.4, 0.5) is 10.1 Å². The minimum atomic E-state index is -1.04. The molecular formula is C18H15FN2O4. The molecule has 0 saturated heterocycles. The topological polar surface area (TPSA) is 88.4 Å². The van der Waals surface area contributed by atoms with E-state index in [4.69, 9.17) is 14.7 Å². The largest absolute Gasteiger partial charge is 0.482 e. The van der Waals surface area contributed by atoms with Crippen LogP contribution in [0.3, 0.4) is 0 Å². The molecule has 0 saturated carbocycles. The minimum absolute atomic E-state index is 0.375. The van der Waals surface area contributed by atoms with Crippen LogP contribution in [0.2, 0.25) is 0 Å². The van der Waals surface area contributed by atoms with Crippen LogP contribution >= 0.6 is 0 Å². The summed E-state index contributed by atoms with van der Waals surface area (Å²) in [6, 6.07) is 13.4. The van der Waals surface area contributed by atoms with Gasteiger partial charge in [0.15, 0.2) is 12.7 Å². The molecule has 0 aromatic heterocycles. The lowest BCUT2D eigenvalue weighted by molar-refractivity contribution is -0.155. The van der Waals surface area contributed by atoms with Crippen molar-refractivity contribution in [1.82, 2.24) is 0 Å². The number of halogens is 1. The van der Waals surface area contributed by atoms with Crippen LogP contribution in [0.5, 0.6) is 5.75 Å². The van der Waals surface area contributed by atoms with Gasteiger partial charge in [-0.05, 0) is 55.5 Å². The van der Waals surface area contributed by atoms with Gasteiger partial charge in [-0.1, -0.05) is 0 Å². The van der Waals surface area contributed by atoms with Crippen LogP contribution in [0.1, 0.15) is 12.5 Å². The predicted molar refractivity (Wildman–Crippen MR) is 87.2 cm³/mol. The summed E-state index contributed by atoms with van der Waals surface area (Å²) in [5, 5.41) is 11.2. The van der Waals surface area contributed by atoms with E-state index >= 15 is 0 Å². The Morgan fingerprint density at radius 1 is 1.16 bits per heavy atom. The maximum atomic E-state index is 12.8. The Morgan fingerprint density at radius 3 is 2.40 bits per heavy atom. The SMILES string of the molecule is C[C@@H](OC(=O)COc1ccc(C#N)cc1)C(=O)Nc1ccc(F)cc1. The monoisotopic (exact) mass is 342 g/mol. The first-order valence-electron chi connectivity index (χ1n) is 7.37. The summed E-state index contributed by atoms with van der Waals surface area (Å²) < 4.78 is 23.0. The molecular weight excluding hydrogens is 327 g/mol. The number of rotatable bonds is 6. The van der Waals surface area contributed by atoms with Crippen LogP contribution in [-0.4, -0.2) is 24.6 Å². The third-order valence-electron chi connectivity index (χ3n) is 3.13. The van der Waals surface area contributed by atoms with Crippen molar-refractivity contribution < 1.29 is 23.5 Å². The molecule has 0 bridgehead atoms. The van der Waals surface area contributed by atoms with Crippen LogP contribution in [-0.2, 0) is 14.3 Å². The zero-order valence-corrected chi connectivity index (χ0v) is 13.4. The van der Waals surface area contributed by atoms with E-state index in [9.17, 15) is 14.0 Å². The summed E-state index contributed by atoms with van der Waals surface area (Å²) in [4.78, 5) is 23.6. The molecule has 2 aromatic rings. The molecule has 0 radical (unpaired) electrons. The molecule has 0 aliphatic carbocycles. The van der Waals surface area contributed by atoms with Crippen LogP contribution in [0, 0.1) is 17.1 Å². The van der Waals surface area contributed by atoms with Crippen molar-refractivity contribution in [3.05, 3.63) is 59.9 Å². The van der Waals surface area contributed by atoms with Crippen LogP contribution in [0.25, 0.3) is 0 Å². The lowest BCUT2D eigenvalue weighted by atomic mass is 10.2. The van der Waals surface area contributed by atoms with Gasteiger partial charge in [0.1, 0.15) is 11.6 Å². The second kappa shape index (κ2) is 8.45. The van der Waals surface area contributed by atoms with Gasteiger partial charge >= 0.3 is 5.97 Å². The third-order valence-corrected chi connectivity index (χ3v) is 3.13. The van der Waals surface area contributed by atoms with E-state index in [-0.39, 0.29) is 6.61 Å². The lowest BCUT2D eigenvalue weighted by Gasteiger charge is -2.14. The van der Waals surface area contributed by atoms with Crippen molar-refractivity contribution in [3.8, 4) is 11.8 Å². The molecule has 0 fully saturated rings. The van der Waals surface area contributed by atoms with Gasteiger partial charge in [-0.15, -0.1) is 0 Å². The van der Waals surface area contributed by atoms with Gasteiger partial charge < -0.3 is 14.8 Å². The Hall–Kier alpha value is -3.40. The minimum Gasteiger partial charge on any atom is -0.482 e. The second-order valence-corrected chi connectivity index (χ2v) is 5.05. The molecule has 2 aromatic carbocycles. The molecule has 1 N–H and O–H groups in total. The molecule has 0 aliphatic rings. The van der Waals surface area contributed by atoms with Gasteiger partial charge in [0.05, 0.1) is 11.6 Å². The summed E-state index contributed by atoms with van der Waals surface area (Å²) >= 11 is 0. The lowest BCUT2D eigenvalue weighted by Crippen LogP contribution is -2.31. The zero-order chi connectivity index (χ0) is 18.2. The van der Waals surface area contributed by atoms with E-state index in [1.165, 1.54) is 31.2 Å². The van der Waals surface area contributed by atoms with Crippen molar-refractivity contribution in [2.75, 3.05) is 11.9 Å². The standard InChI is InChI=1S/C18H15FN2O4/c1-12(18(23)21-15-6-4-14(19)5-7-15)25-17(22)11-24-16-8-2-13(10-20)3-9-16/h2-9,12H,11H2,1H3,(H,21,23)/t12-/m1/s1. The number of benzene rings is 2. The van der Waals surface area contributed by atoms with E-state index in [1.54, 1.807) is 24.3 Å². The number of anilines is 1. The van der Waals surface area contributed by atoms with Crippen molar-refractivity contribution in [2.45, 2.75) is 13.0 Å². The first kappa shape index (κ1) is 17.9. The maximum Gasteiger partial charge on any atom is 0.344 e. The van der Waals surface area contributed by atoms with Crippen LogP contribution in [0.15, 0.2) is 48.5 Å². The summed E-state index contributed by atoms with van der Waals surface area (Å²) in [5.41, 5.74) is 0.865. The summed E-state index contributed by atoms with van der Waals surface area (Å²) in [5.74, 6) is -1.28. The molecule has 2 rings (SSSR count). The molecule has 0 aliphatic heterocycles. The van der Waals surface area contributed by atoms with Crippen molar-refractivity contribution >= 4 is 17.6 Å². The predicted octanol–water partition coefficient (Wildman–Crippen LogP) is 2.65. The van der Waals surface area contributed by atoms with Gasteiger partial charge in [0, 0.05) is 5.69 Å². The molecule has 0 heterocycles. The first-order valence-corrected chi connectivity index (χ1v) is 7.37. The van der Waals surface area contributed by atoms with E-state index in [2.05, 4.69) is 5.32 Å². The van der Waals surface area contributed by atoms with Gasteiger partial charge in [-0.3, -0.25) is 4.79 Å². The van der Waals surface area contributed by atoms with E-state index in [1.807, 2.05) is 6.07 Å². The summed E-state index contributed by atoms with van der Waals surface area (Å²) in [6.45, 7) is 1.04. The number of hydrogen-bond donors (Lipinski definition) is 1. The molecule has 1 amide bonds. The van der Waals surface area contributed by atoms with Crippen LogP contribution < -0.4 is 10.1 Å². The number of carbonyl (C=O) groups excluding carboxylic acids is 2. The number of ether oxygens (including phenoxy) is 2. The smallest absolute Gasteiger partial charge is 0.344 e. The Balaban J connectivity index is 1.79. The Bertz CT molecular complexity index is 782. The number of hydrogen-bond acceptors (Lipinski definition) is 5. The fourth-order valence-corrected chi connectivity index (χ4v) is 1.83. The number of esters is 1. The summed E-state index contributed by atoms with van der Waals surface area (Å²) in [7, 11) is 0. The van der Waals surface area contributed by atoms with Gasteiger partial charge in [0.2, 0.25) is 0 Å². The highest BCUT2D eigenvalue weighted by atomic mass is 19.1. The average molecular weight is 342 g/mol. The highest BCUT2D eigenvalue weighted by Crippen LogP contribution is 2.12. The fraction of sp³-hybridized carbons (Fsp3) is 0.167. The molecule has 25 heavy (non-hydrogen) atoms. The first-order chi connectivity index (χ1) is 12.0. The molecule has 7 heteroatoms. The number of nitrogens with zero attached hydrogens (tertiary/aromatic N) is 1.